The van der Waals surface area contributed by atoms with E-state index in [1.165, 1.54) is 11.1 Å². The van der Waals surface area contributed by atoms with Gasteiger partial charge in [0, 0.05) is 0 Å². The van der Waals surface area contributed by atoms with Gasteiger partial charge in [-0.2, -0.15) is 11.3 Å². The van der Waals surface area contributed by atoms with E-state index < -0.39 is 0 Å². The van der Waals surface area contributed by atoms with E-state index in [4.69, 9.17) is 5.73 Å². The third kappa shape index (κ3) is 2.10. The highest BCUT2D eigenvalue weighted by atomic mass is 32.1. The number of thiophene rings is 1. The summed E-state index contributed by atoms with van der Waals surface area (Å²) in [6.07, 6.45) is 1.02. The van der Waals surface area contributed by atoms with Crippen LogP contribution in [0.3, 0.4) is 0 Å². The zero-order chi connectivity index (χ0) is 6.69. The van der Waals surface area contributed by atoms with E-state index >= 15 is 0 Å². The zero-order valence-electron chi connectivity index (χ0n) is 6.26. The minimum atomic E-state index is 0. The van der Waals surface area contributed by atoms with Crippen molar-refractivity contribution in [2.75, 3.05) is 6.54 Å². The molecule has 0 amide bonds. The maximum Gasteiger partial charge on any atom is -0.00363 e. The lowest BCUT2D eigenvalue weighted by Gasteiger charge is -1.92. The molecule has 1 aromatic rings. The van der Waals surface area contributed by atoms with Gasteiger partial charge >= 0.3 is 0 Å². The SMILES string of the molecule is Cc1cscc1CCN.N. The molecule has 0 aliphatic carbocycles. The van der Waals surface area contributed by atoms with Crippen molar-refractivity contribution in [1.82, 2.24) is 6.15 Å². The molecule has 2 nitrogen and oxygen atoms in total. The number of hydrogen-bond donors (Lipinski definition) is 2. The van der Waals surface area contributed by atoms with Crippen molar-refractivity contribution in [2.24, 2.45) is 5.73 Å². The van der Waals surface area contributed by atoms with Crippen LogP contribution in [0.2, 0.25) is 0 Å². The second-order valence-corrected chi connectivity index (χ2v) is 2.86. The lowest BCUT2D eigenvalue weighted by molar-refractivity contribution is 0.965. The van der Waals surface area contributed by atoms with Crippen LogP contribution in [0.15, 0.2) is 10.8 Å². The Balaban J connectivity index is 0.000000810. The van der Waals surface area contributed by atoms with Crippen LogP contribution in [-0.4, -0.2) is 6.54 Å². The largest absolute Gasteiger partial charge is 0.344 e. The number of hydrogen-bond acceptors (Lipinski definition) is 3. The van der Waals surface area contributed by atoms with E-state index in [0.717, 1.165) is 13.0 Å². The highest BCUT2D eigenvalue weighted by molar-refractivity contribution is 7.08. The van der Waals surface area contributed by atoms with Crippen molar-refractivity contribution in [3.05, 3.63) is 21.9 Å². The van der Waals surface area contributed by atoms with Crippen molar-refractivity contribution in [3.63, 3.8) is 0 Å². The van der Waals surface area contributed by atoms with Crippen molar-refractivity contribution < 1.29 is 0 Å². The van der Waals surface area contributed by atoms with Crippen molar-refractivity contribution in [3.8, 4) is 0 Å². The monoisotopic (exact) mass is 158 g/mol. The summed E-state index contributed by atoms with van der Waals surface area (Å²) in [4.78, 5) is 0. The smallest absolute Gasteiger partial charge is 0.00363 e. The molecule has 0 aromatic carbocycles. The van der Waals surface area contributed by atoms with Crippen LogP contribution >= 0.6 is 11.3 Å². The van der Waals surface area contributed by atoms with Gasteiger partial charge in [0.25, 0.3) is 0 Å². The topological polar surface area (TPSA) is 61.0 Å². The molecule has 0 unspecified atom stereocenters. The molecule has 1 heterocycles. The first-order valence-corrected chi connectivity index (χ1v) is 4.00. The minimum absolute atomic E-state index is 0. The van der Waals surface area contributed by atoms with Crippen LogP contribution < -0.4 is 11.9 Å². The van der Waals surface area contributed by atoms with Gasteiger partial charge in [0.1, 0.15) is 0 Å². The molecule has 0 aliphatic rings. The van der Waals surface area contributed by atoms with E-state index in [0.29, 0.717) is 0 Å². The lowest BCUT2D eigenvalue weighted by atomic mass is 10.2. The Morgan fingerprint density at radius 3 is 2.60 bits per heavy atom. The predicted molar refractivity (Wildman–Crippen MR) is 46.8 cm³/mol. The maximum absolute atomic E-state index is 5.39. The fourth-order valence-corrected chi connectivity index (χ4v) is 1.69. The average Bonchev–Trinajstić information content (AvgIpc) is 2.18. The molecule has 58 valence electrons. The van der Waals surface area contributed by atoms with Crippen molar-refractivity contribution in [1.29, 1.82) is 0 Å². The summed E-state index contributed by atoms with van der Waals surface area (Å²) >= 11 is 1.75. The van der Waals surface area contributed by atoms with E-state index in [9.17, 15) is 0 Å². The quantitative estimate of drug-likeness (QED) is 0.688. The molecular weight excluding hydrogens is 144 g/mol. The van der Waals surface area contributed by atoms with Crippen LogP contribution in [-0.2, 0) is 6.42 Å². The van der Waals surface area contributed by atoms with E-state index in [2.05, 4.69) is 17.7 Å². The molecule has 10 heavy (non-hydrogen) atoms. The van der Waals surface area contributed by atoms with Crippen LogP contribution in [0.25, 0.3) is 0 Å². The molecule has 0 fully saturated rings. The van der Waals surface area contributed by atoms with Crippen molar-refractivity contribution >= 4 is 11.3 Å². The highest BCUT2D eigenvalue weighted by Gasteiger charge is 1.95. The number of rotatable bonds is 2. The van der Waals surface area contributed by atoms with Gasteiger partial charge in [-0.05, 0) is 41.8 Å². The minimum Gasteiger partial charge on any atom is -0.344 e. The summed E-state index contributed by atoms with van der Waals surface area (Å²) in [7, 11) is 0. The van der Waals surface area contributed by atoms with Gasteiger partial charge in [-0.1, -0.05) is 0 Å². The number of nitrogens with two attached hydrogens (primary N) is 1. The van der Waals surface area contributed by atoms with Crippen LogP contribution in [0.5, 0.6) is 0 Å². The predicted octanol–water partition coefficient (Wildman–Crippen LogP) is 1.72. The first-order chi connectivity index (χ1) is 4.34. The summed E-state index contributed by atoms with van der Waals surface area (Å²) in [6.45, 7) is 2.89. The Morgan fingerprint density at radius 2 is 2.20 bits per heavy atom. The standard InChI is InChI=1S/C7H11NS.H3N/c1-6-4-9-5-7(6)2-3-8;/h4-5H,2-3,8H2,1H3;1H3. The zero-order valence-corrected chi connectivity index (χ0v) is 7.08. The molecule has 0 radical (unpaired) electrons. The fourth-order valence-electron chi connectivity index (χ4n) is 0.798. The van der Waals surface area contributed by atoms with Crippen LogP contribution in [0.1, 0.15) is 11.1 Å². The molecular formula is C7H14N2S. The normalized spacial score (nSPS) is 9.00. The van der Waals surface area contributed by atoms with Gasteiger partial charge < -0.3 is 11.9 Å². The molecule has 0 saturated heterocycles. The summed E-state index contributed by atoms with van der Waals surface area (Å²) < 4.78 is 0. The summed E-state index contributed by atoms with van der Waals surface area (Å²) in [5, 5.41) is 4.33. The maximum atomic E-state index is 5.39. The second-order valence-electron chi connectivity index (χ2n) is 2.12. The van der Waals surface area contributed by atoms with Gasteiger partial charge in [-0.3, -0.25) is 0 Å². The Kier molecular flexibility index (Phi) is 4.27. The third-order valence-corrected chi connectivity index (χ3v) is 2.29. The first-order valence-electron chi connectivity index (χ1n) is 3.06. The number of aryl methyl sites for hydroxylation is 1. The molecule has 5 N–H and O–H groups in total. The summed E-state index contributed by atoms with van der Waals surface area (Å²) in [6, 6.07) is 0. The molecule has 0 aliphatic heterocycles. The Morgan fingerprint density at radius 1 is 1.50 bits per heavy atom. The molecule has 0 atom stereocenters. The average molecular weight is 158 g/mol. The molecule has 0 bridgehead atoms. The van der Waals surface area contributed by atoms with Gasteiger partial charge in [-0.15, -0.1) is 0 Å². The molecule has 1 aromatic heterocycles. The lowest BCUT2D eigenvalue weighted by Crippen LogP contribution is -2.02. The fraction of sp³-hybridized carbons (Fsp3) is 0.429. The van der Waals surface area contributed by atoms with E-state index in [1.807, 2.05) is 0 Å². The van der Waals surface area contributed by atoms with Crippen LogP contribution in [0, 0.1) is 6.92 Å². The Hall–Kier alpha value is -0.380. The van der Waals surface area contributed by atoms with Gasteiger partial charge in [0.15, 0.2) is 0 Å². The third-order valence-electron chi connectivity index (χ3n) is 1.38. The molecule has 0 saturated carbocycles. The molecule has 0 spiro atoms. The molecule has 1 rings (SSSR count). The van der Waals surface area contributed by atoms with Crippen LogP contribution in [0.4, 0.5) is 0 Å². The van der Waals surface area contributed by atoms with E-state index in [-0.39, 0.29) is 6.15 Å². The van der Waals surface area contributed by atoms with Crippen molar-refractivity contribution in [2.45, 2.75) is 13.3 Å². The summed E-state index contributed by atoms with van der Waals surface area (Å²) in [5.41, 5.74) is 8.18. The Labute approximate surface area is 65.6 Å². The summed E-state index contributed by atoms with van der Waals surface area (Å²) in [5.74, 6) is 0. The van der Waals surface area contributed by atoms with E-state index in [1.54, 1.807) is 11.3 Å². The highest BCUT2D eigenvalue weighted by Crippen LogP contribution is 2.12. The Bertz CT molecular complexity index is 183. The van der Waals surface area contributed by atoms with Gasteiger partial charge in [0.05, 0.1) is 0 Å². The second kappa shape index (κ2) is 4.44. The van der Waals surface area contributed by atoms with Gasteiger partial charge in [0.2, 0.25) is 0 Å². The molecule has 3 heteroatoms. The first kappa shape index (κ1) is 9.62. The van der Waals surface area contributed by atoms with Gasteiger partial charge in [-0.25, -0.2) is 0 Å².